The number of aromatic amines is 2. The highest BCUT2D eigenvalue weighted by atomic mass is 32.1. The molecule has 0 atom stereocenters. The predicted molar refractivity (Wildman–Crippen MR) is 103 cm³/mol. The first-order valence-corrected chi connectivity index (χ1v) is 9.71. The Morgan fingerprint density at radius 1 is 1.15 bits per heavy atom. The largest absolute Gasteiger partial charge is 0.335 e. The summed E-state index contributed by atoms with van der Waals surface area (Å²) < 4.78 is 1.63. The summed E-state index contributed by atoms with van der Waals surface area (Å²) in [4.78, 5) is 46.9. The molecule has 3 aromatic heterocycles. The fourth-order valence-corrected chi connectivity index (χ4v) is 4.11. The van der Waals surface area contributed by atoms with Crippen LogP contribution in [0.4, 0.5) is 5.82 Å². The van der Waals surface area contributed by atoms with E-state index in [2.05, 4.69) is 14.9 Å². The summed E-state index contributed by atoms with van der Waals surface area (Å²) in [6.07, 6.45) is 2.02. The van der Waals surface area contributed by atoms with Gasteiger partial charge in [0.2, 0.25) is 5.91 Å². The Kier molecular flexibility index (Phi) is 4.76. The maximum atomic E-state index is 12.5. The molecule has 2 N–H and O–H groups in total. The highest BCUT2D eigenvalue weighted by molar-refractivity contribution is 7.17. The number of pyridine rings is 1. The molecule has 0 bridgehead atoms. The highest BCUT2D eigenvalue weighted by Gasteiger charge is 2.26. The first-order valence-electron chi connectivity index (χ1n) is 8.83. The highest BCUT2D eigenvalue weighted by Crippen LogP contribution is 2.13. The summed E-state index contributed by atoms with van der Waals surface area (Å²) in [5, 5.41) is 1.77. The monoisotopic (exact) mass is 386 g/mol. The van der Waals surface area contributed by atoms with E-state index in [9.17, 15) is 14.4 Å². The maximum Gasteiger partial charge on any atom is 0.328 e. The van der Waals surface area contributed by atoms with Crippen molar-refractivity contribution in [1.82, 2.24) is 14.5 Å². The quantitative estimate of drug-likeness (QED) is 0.698. The van der Waals surface area contributed by atoms with Crippen molar-refractivity contribution in [3.8, 4) is 0 Å². The molecule has 1 aliphatic rings. The number of piperazine rings is 1. The summed E-state index contributed by atoms with van der Waals surface area (Å²) in [6, 6.07) is 7.63. The van der Waals surface area contributed by atoms with Crippen molar-refractivity contribution >= 4 is 33.3 Å². The van der Waals surface area contributed by atoms with Gasteiger partial charge in [0, 0.05) is 19.0 Å². The number of hydrogen-bond acceptors (Lipinski definition) is 5. The Morgan fingerprint density at radius 2 is 1.96 bits per heavy atom. The minimum absolute atomic E-state index is 0.0377. The number of amides is 1. The summed E-state index contributed by atoms with van der Waals surface area (Å²) in [6.45, 7) is 2.82. The first kappa shape index (κ1) is 17.5. The lowest BCUT2D eigenvalue weighted by Crippen LogP contribution is -2.50. The second-order valence-corrected chi connectivity index (χ2v) is 7.33. The third-order valence-corrected chi connectivity index (χ3v) is 5.71. The molecule has 8 nitrogen and oxygen atoms in total. The molecular formula is C18H20N5O3S+. The topological polar surface area (TPSA) is 92.5 Å². The lowest BCUT2D eigenvalue weighted by atomic mass is 10.2. The lowest BCUT2D eigenvalue weighted by Gasteiger charge is -2.31. The van der Waals surface area contributed by atoms with E-state index in [1.807, 2.05) is 24.4 Å². The van der Waals surface area contributed by atoms with E-state index in [-0.39, 0.29) is 24.4 Å². The molecule has 0 aliphatic carbocycles. The smallest absolute Gasteiger partial charge is 0.328 e. The molecule has 0 aromatic carbocycles. The van der Waals surface area contributed by atoms with E-state index >= 15 is 0 Å². The van der Waals surface area contributed by atoms with E-state index in [1.54, 1.807) is 16.3 Å². The van der Waals surface area contributed by atoms with Gasteiger partial charge in [-0.1, -0.05) is 6.07 Å². The van der Waals surface area contributed by atoms with Crippen molar-refractivity contribution in [3.63, 3.8) is 0 Å². The number of nitrogens with one attached hydrogen (secondary N) is 2. The van der Waals surface area contributed by atoms with Gasteiger partial charge in [-0.15, -0.1) is 11.3 Å². The Labute approximate surface area is 158 Å². The molecule has 27 heavy (non-hydrogen) atoms. The second-order valence-electron chi connectivity index (χ2n) is 6.42. The van der Waals surface area contributed by atoms with Crippen LogP contribution in [0, 0.1) is 0 Å². The number of nitrogens with zero attached hydrogens (tertiary/aromatic N) is 3. The molecule has 4 heterocycles. The lowest BCUT2D eigenvalue weighted by molar-refractivity contribution is -0.364. The van der Waals surface area contributed by atoms with Gasteiger partial charge in [0.05, 0.1) is 24.8 Å². The third-order valence-electron chi connectivity index (χ3n) is 4.81. The molecule has 0 radical (unpaired) electrons. The minimum Gasteiger partial charge on any atom is -0.335 e. The van der Waals surface area contributed by atoms with Crippen molar-refractivity contribution in [3.05, 3.63) is 56.7 Å². The van der Waals surface area contributed by atoms with Gasteiger partial charge in [-0.05, 0) is 17.5 Å². The van der Waals surface area contributed by atoms with Crippen LogP contribution in [-0.4, -0.2) is 46.5 Å². The van der Waals surface area contributed by atoms with Gasteiger partial charge in [0.1, 0.15) is 17.8 Å². The summed E-state index contributed by atoms with van der Waals surface area (Å²) in [5.41, 5.74) is -0.254. The van der Waals surface area contributed by atoms with Crippen LogP contribution in [0.3, 0.4) is 0 Å². The number of rotatable bonds is 4. The summed E-state index contributed by atoms with van der Waals surface area (Å²) >= 11 is 1.29. The van der Waals surface area contributed by atoms with Crippen LogP contribution in [0.5, 0.6) is 0 Å². The Bertz CT molecular complexity index is 1060. The Balaban J connectivity index is 1.38. The molecule has 0 saturated carbocycles. The van der Waals surface area contributed by atoms with Crippen molar-refractivity contribution in [2.75, 3.05) is 31.1 Å². The van der Waals surface area contributed by atoms with Crippen molar-refractivity contribution in [2.45, 2.75) is 13.0 Å². The van der Waals surface area contributed by atoms with E-state index in [0.717, 1.165) is 23.5 Å². The molecule has 0 spiro atoms. The molecule has 0 unspecified atom stereocenters. The van der Waals surface area contributed by atoms with Gasteiger partial charge in [-0.25, -0.2) is 9.78 Å². The van der Waals surface area contributed by atoms with Crippen LogP contribution < -0.4 is 21.1 Å². The number of carbonyl (C=O) groups is 1. The second kappa shape index (κ2) is 7.36. The molecule has 1 saturated heterocycles. The molecule has 1 aliphatic heterocycles. The van der Waals surface area contributed by atoms with Crippen LogP contribution in [0.1, 0.15) is 6.42 Å². The molecule has 140 valence electrons. The molecular weight excluding hydrogens is 366 g/mol. The SMILES string of the molecule is O=C(CCn1c(=O)[nH]c2ccsc2c1=O)N1CCN(c2cccc[nH+]2)CC1. The third kappa shape index (κ3) is 3.50. The van der Waals surface area contributed by atoms with Gasteiger partial charge >= 0.3 is 5.69 Å². The van der Waals surface area contributed by atoms with E-state index in [4.69, 9.17) is 0 Å². The van der Waals surface area contributed by atoms with E-state index < -0.39 is 5.69 Å². The van der Waals surface area contributed by atoms with Crippen molar-refractivity contribution in [2.24, 2.45) is 0 Å². The van der Waals surface area contributed by atoms with Crippen LogP contribution in [0.2, 0.25) is 0 Å². The average molecular weight is 386 g/mol. The number of anilines is 1. The van der Waals surface area contributed by atoms with Crippen molar-refractivity contribution in [1.29, 1.82) is 0 Å². The minimum atomic E-state index is -0.469. The number of carbonyl (C=O) groups excluding carboxylic acids is 1. The zero-order valence-corrected chi connectivity index (χ0v) is 15.5. The number of aromatic nitrogens is 3. The molecule has 1 amide bonds. The van der Waals surface area contributed by atoms with Crippen LogP contribution >= 0.6 is 11.3 Å². The number of fused-ring (bicyclic) bond motifs is 1. The first-order chi connectivity index (χ1) is 13.1. The molecule has 3 aromatic rings. The standard InChI is InChI=1S/C18H19N5O3S/c24-15(22-10-8-21(9-11-22)14-3-1-2-6-19-14)4-7-23-17(25)16-13(5-12-27-16)20-18(23)26/h1-3,5-6,12H,4,7-11H2,(H,20,26)/p+1. The predicted octanol–water partition coefficient (Wildman–Crippen LogP) is 0.304. The fourth-order valence-electron chi connectivity index (χ4n) is 3.32. The number of H-pyrrole nitrogens is 2. The fraction of sp³-hybridized carbons (Fsp3) is 0.333. The van der Waals surface area contributed by atoms with E-state index in [0.29, 0.717) is 23.3 Å². The van der Waals surface area contributed by atoms with Crippen LogP contribution in [0.25, 0.3) is 10.2 Å². The maximum absolute atomic E-state index is 12.5. The molecule has 9 heteroatoms. The Morgan fingerprint density at radius 3 is 2.70 bits per heavy atom. The molecule has 4 rings (SSSR count). The number of thiophene rings is 1. The Hall–Kier alpha value is -2.94. The van der Waals surface area contributed by atoms with E-state index in [1.165, 1.54) is 11.3 Å². The zero-order chi connectivity index (χ0) is 18.8. The van der Waals surface area contributed by atoms with Crippen molar-refractivity contribution < 1.29 is 9.78 Å². The normalized spacial score (nSPS) is 14.7. The van der Waals surface area contributed by atoms with Gasteiger partial charge in [0.15, 0.2) is 0 Å². The average Bonchev–Trinajstić information content (AvgIpc) is 3.17. The zero-order valence-electron chi connectivity index (χ0n) is 14.7. The molecule has 1 fully saturated rings. The van der Waals surface area contributed by atoms with Crippen LogP contribution in [0.15, 0.2) is 45.4 Å². The summed E-state index contributed by atoms with van der Waals surface area (Å²) in [7, 11) is 0. The van der Waals surface area contributed by atoms with Crippen LogP contribution in [-0.2, 0) is 11.3 Å². The van der Waals surface area contributed by atoms with Gasteiger partial charge < -0.3 is 9.88 Å². The number of hydrogen-bond donors (Lipinski definition) is 1. The van der Waals surface area contributed by atoms with Gasteiger partial charge in [0.25, 0.3) is 11.4 Å². The van der Waals surface area contributed by atoms with Gasteiger partial charge in [-0.3, -0.25) is 19.1 Å². The van der Waals surface area contributed by atoms with Gasteiger partial charge in [-0.2, -0.15) is 0 Å². The summed E-state index contributed by atoms with van der Waals surface area (Å²) in [5.74, 6) is 0.996.